The van der Waals surface area contributed by atoms with E-state index in [1.807, 2.05) is 18.2 Å². The highest BCUT2D eigenvalue weighted by Gasteiger charge is 2.06. The molecule has 0 saturated heterocycles. The highest BCUT2D eigenvalue weighted by molar-refractivity contribution is 5.94. The number of fused-ring (bicyclic) bond motifs is 1. The number of furan rings is 1. The Morgan fingerprint density at radius 2 is 2.00 bits per heavy atom. The van der Waals surface area contributed by atoms with Gasteiger partial charge in [0.05, 0.1) is 0 Å². The normalized spacial score (nSPS) is 9.54. The first-order chi connectivity index (χ1) is 5.77. The molecule has 0 atom stereocenters. The second kappa shape index (κ2) is 3.28. The number of benzene rings is 1. The molecule has 0 saturated carbocycles. The van der Waals surface area contributed by atoms with E-state index >= 15 is 0 Å². The molecule has 2 rings (SSSR count). The molecule has 1 amide bonds. The summed E-state index contributed by atoms with van der Waals surface area (Å²) in [7, 11) is 0. The predicted octanol–water partition coefficient (Wildman–Crippen LogP) is 0.707. The first-order valence-corrected chi connectivity index (χ1v) is 3.56. The molecule has 4 N–H and O–H groups in total. The maximum Gasteiger partial charge on any atom is 0.284 e. The van der Waals surface area contributed by atoms with Crippen LogP contribution in [0.25, 0.3) is 11.0 Å². The smallest absolute Gasteiger partial charge is 0.284 e. The second-order valence-corrected chi connectivity index (χ2v) is 2.51. The van der Waals surface area contributed by atoms with Gasteiger partial charge in [0.1, 0.15) is 5.58 Å². The average Bonchev–Trinajstić information content (AvgIpc) is 2.46. The summed E-state index contributed by atoms with van der Waals surface area (Å²) in [6.45, 7) is 0. The van der Waals surface area contributed by atoms with E-state index < -0.39 is 5.91 Å². The molecule has 0 aliphatic heterocycles. The fourth-order valence-electron chi connectivity index (χ4n) is 1.10. The first-order valence-electron chi connectivity index (χ1n) is 3.56. The topological polar surface area (TPSA) is 87.7 Å². The van der Waals surface area contributed by atoms with Crippen LogP contribution in [0.1, 0.15) is 10.6 Å². The molecule has 0 fully saturated rings. The molecule has 1 aromatic heterocycles. The fourth-order valence-corrected chi connectivity index (χ4v) is 1.10. The van der Waals surface area contributed by atoms with Crippen LogP contribution in [0.5, 0.6) is 0 Å². The Balaban J connectivity index is 0.000000845. The van der Waals surface area contributed by atoms with Crippen molar-refractivity contribution in [2.75, 3.05) is 0 Å². The molecule has 0 radical (unpaired) electrons. The van der Waals surface area contributed by atoms with Crippen LogP contribution >= 0.6 is 0 Å². The van der Waals surface area contributed by atoms with Gasteiger partial charge in [-0.2, -0.15) is 0 Å². The van der Waals surface area contributed by atoms with Crippen molar-refractivity contribution >= 4 is 16.9 Å². The zero-order valence-electron chi connectivity index (χ0n) is 6.78. The van der Waals surface area contributed by atoms with Gasteiger partial charge in [0.15, 0.2) is 5.76 Å². The van der Waals surface area contributed by atoms with Crippen molar-refractivity contribution in [2.45, 2.75) is 0 Å². The van der Waals surface area contributed by atoms with Crippen LogP contribution in [-0.2, 0) is 0 Å². The lowest BCUT2D eigenvalue weighted by molar-refractivity contribution is 0.0976. The van der Waals surface area contributed by atoms with Crippen molar-refractivity contribution in [2.24, 2.45) is 5.73 Å². The Kier molecular flexibility index (Phi) is 2.34. The Labute approximate surface area is 74.3 Å². The number of rotatable bonds is 1. The van der Waals surface area contributed by atoms with Gasteiger partial charge in [-0.25, -0.2) is 0 Å². The molecule has 0 bridgehead atoms. The molecule has 13 heavy (non-hydrogen) atoms. The standard InChI is InChI=1S/C9H7NO2.H2O/c10-9(11)8-5-6-3-1-2-4-7(6)12-8;/h1-5H,(H2,10,11);1H2. The summed E-state index contributed by atoms with van der Waals surface area (Å²) in [5.74, 6) is -0.331. The highest BCUT2D eigenvalue weighted by Crippen LogP contribution is 2.17. The lowest BCUT2D eigenvalue weighted by Crippen LogP contribution is -2.08. The zero-order chi connectivity index (χ0) is 8.55. The maximum absolute atomic E-state index is 10.7. The van der Waals surface area contributed by atoms with Gasteiger partial charge in [0.25, 0.3) is 5.91 Å². The van der Waals surface area contributed by atoms with Gasteiger partial charge in [-0.3, -0.25) is 4.79 Å². The van der Waals surface area contributed by atoms with E-state index in [1.54, 1.807) is 12.1 Å². The van der Waals surface area contributed by atoms with Gasteiger partial charge in [-0.05, 0) is 12.1 Å². The number of para-hydroxylation sites is 1. The molecule has 68 valence electrons. The first kappa shape index (κ1) is 9.28. The Morgan fingerprint density at radius 1 is 1.31 bits per heavy atom. The van der Waals surface area contributed by atoms with E-state index in [0.29, 0.717) is 5.58 Å². The lowest BCUT2D eigenvalue weighted by Gasteiger charge is -1.83. The van der Waals surface area contributed by atoms with E-state index in [4.69, 9.17) is 10.2 Å². The zero-order valence-corrected chi connectivity index (χ0v) is 6.78. The molecule has 0 aliphatic rings. The van der Waals surface area contributed by atoms with Crippen molar-refractivity contribution in [3.05, 3.63) is 36.1 Å². The third-order valence-corrected chi connectivity index (χ3v) is 1.67. The van der Waals surface area contributed by atoms with Crippen LogP contribution in [0, 0.1) is 0 Å². The van der Waals surface area contributed by atoms with Crippen LogP contribution in [0.15, 0.2) is 34.7 Å². The summed E-state index contributed by atoms with van der Waals surface area (Å²) < 4.78 is 5.15. The molecule has 0 spiro atoms. The van der Waals surface area contributed by atoms with E-state index in [1.165, 1.54) is 0 Å². The average molecular weight is 179 g/mol. The number of carbonyl (C=O) groups excluding carboxylic acids is 1. The molecule has 1 aromatic carbocycles. The van der Waals surface area contributed by atoms with Gasteiger partial charge in [0.2, 0.25) is 0 Å². The number of hydrogen-bond acceptors (Lipinski definition) is 2. The number of primary amides is 1. The van der Waals surface area contributed by atoms with E-state index in [9.17, 15) is 4.79 Å². The third kappa shape index (κ3) is 1.52. The Morgan fingerprint density at radius 3 is 2.62 bits per heavy atom. The van der Waals surface area contributed by atoms with Crippen LogP contribution in [0.2, 0.25) is 0 Å². The van der Waals surface area contributed by atoms with Crippen molar-refractivity contribution in [3.8, 4) is 0 Å². The Hall–Kier alpha value is -1.81. The van der Waals surface area contributed by atoms with E-state index in [2.05, 4.69) is 0 Å². The lowest BCUT2D eigenvalue weighted by atomic mass is 10.2. The molecular weight excluding hydrogens is 170 g/mol. The molecule has 2 aromatic rings. The van der Waals surface area contributed by atoms with Gasteiger partial charge in [-0.1, -0.05) is 18.2 Å². The van der Waals surface area contributed by atoms with Gasteiger partial charge in [0, 0.05) is 5.39 Å². The maximum atomic E-state index is 10.7. The second-order valence-electron chi connectivity index (χ2n) is 2.51. The SMILES string of the molecule is NC(=O)c1cc2ccccc2o1.O. The van der Waals surface area contributed by atoms with Crippen LogP contribution in [0.4, 0.5) is 0 Å². The number of nitrogens with two attached hydrogens (primary N) is 1. The number of amides is 1. The molecule has 1 heterocycles. The minimum Gasteiger partial charge on any atom is -0.451 e. The van der Waals surface area contributed by atoms with Crippen molar-refractivity contribution in [3.63, 3.8) is 0 Å². The van der Waals surface area contributed by atoms with Gasteiger partial charge >= 0.3 is 0 Å². The largest absolute Gasteiger partial charge is 0.451 e. The molecule has 0 unspecified atom stereocenters. The summed E-state index contributed by atoms with van der Waals surface area (Å²) in [5.41, 5.74) is 5.73. The predicted molar refractivity (Wildman–Crippen MR) is 48.3 cm³/mol. The molecule has 4 nitrogen and oxygen atoms in total. The third-order valence-electron chi connectivity index (χ3n) is 1.67. The summed E-state index contributed by atoms with van der Waals surface area (Å²) >= 11 is 0. The number of hydrogen-bond donors (Lipinski definition) is 1. The minimum absolute atomic E-state index is 0. The summed E-state index contributed by atoms with van der Waals surface area (Å²) in [6, 6.07) is 9.02. The molecule has 4 heteroatoms. The number of carbonyl (C=O) groups is 1. The van der Waals surface area contributed by atoms with Crippen molar-refractivity contribution in [1.82, 2.24) is 0 Å². The minimum atomic E-state index is -0.536. The molecular formula is C9H9NO3. The monoisotopic (exact) mass is 179 g/mol. The quantitative estimate of drug-likeness (QED) is 0.698. The fraction of sp³-hybridized carbons (Fsp3) is 0. The summed E-state index contributed by atoms with van der Waals surface area (Å²) in [5, 5.41) is 0.895. The summed E-state index contributed by atoms with van der Waals surface area (Å²) in [4.78, 5) is 10.7. The van der Waals surface area contributed by atoms with Gasteiger partial charge < -0.3 is 15.6 Å². The van der Waals surface area contributed by atoms with E-state index in [0.717, 1.165) is 5.39 Å². The van der Waals surface area contributed by atoms with Crippen LogP contribution in [0.3, 0.4) is 0 Å². The molecule has 0 aliphatic carbocycles. The Bertz CT molecular complexity index is 400. The van der Waals surface area contributed by atoms with Crippen molar-refractivity contribution in [1.29, 1.82) is 0 Å². The van der Waals surface area contributed by atoms with Crippen LogP contribution in [-0.4, -0.2) is 11.4 Å². The van der Waals surface area contributed by atoms with Crippen molar-refractivity contribution < 1.29 is 14.7 Å². The highest BCUT2D eigenvalue weighted by atomic mass is 16.3. The summed E-state index contributed by atoms with van der Waals surface area (Å²) in [6.07, 6.45) is 0. The van der Waals surface area contributed by atoms with Crippen LogP contribution < -0.4 is 5.73 Å². The van der Waals surface area contributed by atoms with E-state index in [-0.39, 0.29) is 11.2 Å². The van der Waals surface area contributed by atoms with Gasteiger partial charge in [-0.15, -0.1) is 0 Å².